The van der Waals surface area contributed by atoms with Crippen LogP contribution in [0.1, 0.15) is 44.9 Å². The number of fused-ring (bicyclic) bond motifs is 2. The monoisotopic (exact) mass is 559 g/mol. The second kappa shape index (κ2) is 9.94. The number of anilines is 2. The number of nitrogens with zero attached hydrogens (tertiary/aromatic N) is 3. The Morgan fingerprint density at radius 2 is 1.75 bits per heavy atom. The molecule has 0 spiro atoms. The maximum atomic E-state index is 13.8. The van der Waals surface area contributed by atoms with Gasteiger partial charge in [0, 0.05) is 55.4 Å². The molecule has 10 heteroatoms. The molecule has 1 fully saturated rings. The van der Waals surface area contributed by atoms with Crippen molar-refractivity contribution in [3.05, 3.63) is 76.1 Å². The lowest BCUT2D eigenvalue weighted by Crippen LogP contribution is -2.47. The summed E-state index contributed by atoms with van der Waals surface area (Å²) in [6, 6.07) is 12.3. The Morgan fingerprint density at radius 1 is 1.00 bits per heavy atom. The highest BCUT2D eigenvalue weighted by atomic mass is 32.2. The van der Waals surface area contributed by atoms with E-state index in [4.69, 9.17) is 0 Å². The van der Waals surface area contributed by atoms with Gasteiger partial charge >= 0.3 is 0 Å². The van der Waals surface area contributed by atoms with Gasteiger partial charge in [0.25, 0.3) is 21.8 Å². The summed E-state index contributed by atoms with van der Waals surface area (Å²) in [5.74, 6) is -0.332. The number of aromatic nitrogens is 1. The van der Waals surface area contributed by atoms with Gasteiger partial charge < -0.3 is 20.1 Å². The van der Waals surface area contributed by atoms with Crippen LogP contribution in [-0.2, 0) is 21.2 Å². The first-order valence-electron chi connectivity index (χ1n) is 13.6. The van der Waals surface area contributed by atoms with Crippen molar-refractivity contribution in [1.82, 2.24) is 14.8 Å². The number of carbonyl (C=O) groups excluding carboxylic acids is 2. The molecule has 6 rings (SSSR count). The van der Waals surface area contributed by atoms with E-state index in [2.05, 4.69) is 15.2 Å². The summed E-state index contributed by atoms with van der Waals surface area (Å²) in [5, 5.41) is 2.85. The lowest BCUT2D eigenvalue weighted by Gasteiger charge is -2.32. The van der Waals surface area contributed by atoms with Crippen LogP contribution in [0.25, 0.3) is 11.6 Å². The second-order valence-electron chi connectivity index (χ2n) is 10.8. The van der Waals surface area contributed by atoms with Crippen LogP contribution in [0, 0.1) is 13.8 Å². The smallest absolute Gasteiger partial charge is 0.264 e. The van der Waals surface area contributed by atoms with Gasteiger partial charge in [-0.3, -0.25) is 13.9 Å². The fourth-order valence-corrected chi connectivity index (χ4v) is 7.47. The molecule has 1 aromatic heterocycles. The molecular weight excluding hydrogens is 526 g/mol. The molecule has 2 amide bonds. The van der Waals surface area contributed by atoms with E-state index in [0.717, 1.165) is 42.8 Å². The highest BCUT2D eigenvalue weighted by Crippen LogP contribution is 2.38. The van der Waals surface area contributed by atoms with Gasteiger partial charge in [0.1, 0.15) is 0 Å². The predicted molar refractivity (Wildman–Crippen MR) is 156 cm³/mol. The molecular formula is C30H33N5O4S. The van der Waals surface area contributed by atoms with Crippen molar-refractivity contribution in [2.75, 3.05) is 49.4 Å². The van der Waals surface area contributed by atoms with E-state index in [0.29, 0.717) is 53.4 Å². The number of amides is 2. The molecule has 9 nitrogen and oxygen atoms in total. The summed E-state index contributed by atoms with van der Waals surface area (Å²) in [7, 11) is -1.80. The first-order valence-corrected chi connectivity index (χ1v) is 15.0. The van der Waals surface area contributed by atoms with Gasteiger partial charge in [-0.05, 0) is 75.2 Å². The van der Waals surface area contributed by atoms with Crippen LogP contribution < -0.4 is 9.62 Å². The Bertz CT molecular complexity index is 1660. The Hall–Kier alpha value is -3.89. The van der Waals surface area contributed by atoms with Crippen molar-refractivity contribution in [2.45, 2.75) is 31.6 Å². The number of para-hydroxylation sites is 1. The zero-order valence-corrected chi connectivity index (χ0v) is 23.8. The van der Waals surface area contributed by atoms with Gasteiger partial charge in [-0.1, -0.05) is 18.2 Å². The van der Waals surface area contributed by atoms with E-state index < -0.39 is 10.0 Å². The third-order valence-corrected chi connectivity index (χ3v) is 10.0. The molecule has 0 bridgehead atoms. The van der Waals surface area contributed by atoms with Crippen molar-refractivity contribution in [1.29, 1.82) is 0 Å². The summed E-state index contributed by atoms with van der Waals surface area (Å²) in [4.78, 5) is 33.9. The summed E-state index contributed by atoms with van der Waals surface area (Å²) >= 11 is 0. The summed E-state index contributed by atoms with van der Waals surface area (Å²) in [6.07, 6.45) is 3.30. The Morgan fingerprint density at radius 3 is 2.52 bits per heavy atom. The zero-order chi connectivity index (χ0) is 28.2. The van der Waals surface area contributed by atoms with E-state index in [1.54, 1.807) is 24.3 Å². The number of H-pyrrole nitrogens is 1. The standard InChI is InChI=1S/C30H33N5O4S/c1-19-26(31-20(2)28(19)30(37)34-15-13-33(3)14-16-34)18-24-23-17-22(10-11-25(23)32-29(24)36)40(38,39)35-12-6-8-21-7-4-5-9-27(21)35/h4-5,7,9-11,17-18,31H,6,8,12-16H2,1-3H3,(H,32,36)/b24-18-. The number of rotatable bonds is 4. The Balaban J connectivity index is 1.35. The fraction of sp³-hybridized carbons (Fsp3) is 0.333. The number of hydrogen-bond donors (Lipinski definition) is 2. The van der Waals surface area contributed by atoms with Crippen molar-refractivity contribution >= 4 is 44.9 Å². The first kappa shape index (κ1) is 26.3. The molecule has 2 N–H and O–H groups in total. The molecule has 4 heterocycles. The van der Waals surface area contributed by atoms with Crippen LogP contribution in [0.3, 0.4) is 0 Å². The topological polar surface area (TPSA) is 106 Å². The number of piperazine rings is 1. The molecule has 208 valence electrons. The van der Waals surface area contributed by atoms with Crippen molar-refractivity contribution < 1.29 is 18.0 Å². The predicted octanol–water partition coefficient (Wildman–Crippen LogP) is 3.65. The molecule has 2 aromatic carbocycles. The van der Waals surface area contributed by atoms with E-state index in [1.807, 2.05) is 50.1 Å². The number of carbonyl (C=O) groups is 2. The minimum Gasteiger partial charge on any atom is -0.358 e. The highest BCUT2D eigenvalue weighted by Gasteiger charge is 2.32. The molecule has 3 aliphatic rings. The Kier molecular flexibility index (Phi) is 6.54. The second-order valence-corrected chi connectivity index (χ2v) is 12.7. The Labute approximate surface area is 234 Å². The average Bonchev–Trinajstić information content (AvgIpc) is 3.41. The van der Waals surface area contributed by atoms with E-state index in [9.17, 15) is 18.0 Å². The minimum absolute atomic E-state index is 0.0181. The van der Waals surface area contributed by atoms with Crippen LogP contribution in [0.5, 0.6) is 0 Å². The molecule has 0 radical (unpaired) electrons. The lowest BCUT2D eigenvalue weighted by molar-refractivity contribution is -0.110. The average molecular weight is 560 g/mol. The van der Waals surface area contributed by atoms with Crippen LogP contribution >= 0.6 is 0 Å². The normalized spacial score (nSPS) is 18.6. The van der Waals surface area contributed by atoms with Crippen LogP contribution in [-0.4, -0.2) is 74.8 Å². The SMILES string of the molecule is Cc1[nH]c(/C=C2\C(=O)Nc3ccc(S(=O)(=O)N4CCCc5ccccc54)cc32)c(C)c1C(=O)N1CCN(C)CC1. The molecule has 3 aliphatic heterocycles. The zero-order valence-electron chi connectivity index (χ0n) is 23.0. The van der Waals surface area contributed by atoms with E-state index >= 15 is 0 Å². The van der Waals surface area contributed by atoms with Gasteiger partial charge in [-0.15, -0.1) is 0 Å². The summed E-state index contributed by atoms with van der Waals surface area (Å²) < 4.78 is 29.1. The van der Waals surface area contributed by atoms with Crippen molar-refractivity contribution in [2.24, 2.45) is 0 Å². The van der Waals surface area contributed by atoms with Crippen molar-refractivity contribution in [3.8, 4) is 0 Å². The van der Waals surface area contributed by atoms with Crippen molar-refractivity contribution in [3.63, 3.8) is 0 Å². The largest absolute Gasteiger partial charge is 0.358 e. The maximum Gasteiger partial charge on any atom is 0.264 e. The third-order valence-electron chi connectivity index (χ3n) is 8.20. The number of aryl methyl sites for hydroxylation is 2. The third kappa shape index (κ3) is 4.41. The van der Waals surface area contributed by atoms with Gasteiger partial charge in [0.05, 0.1) is 21.7 Å². The molecule has 40 heavy (non-hydrogen) atoms. The number of hydrogen-bond acceptors (Lipinski definition) is 5. The quantitative estimate of drug-likeness (QED) is 0.475. The van der Waals surface area contributed by atoms with Gasteiger partial charge in [0.15, 0.2) is 0 Å². The minimum atomic E-state index is -3.84. The number of sulfonamides is 1. The van der Waals surface area contributed by atoms with Crippen LogP contribution in [0.2, 0.25) is 0 Å². The molecule has 0 atom stereocenters. The molecule has 0 aliphatic carbocycles. The maximum absolute atomic E-state index is 13.8. The van der Waals surface area contributed by atoms with Crippen LogP contribution in [0.15, 0.2) is 47.4 Å². The molecule has 3 aromatic rings. The fourth-order valence-electron chi connectivity index (χ4n) is 5.90. The summed E-state index contributed by atoms with van der Waals surface area (Å²) in [6.45, 7) is 7.15. The first-order chi connectivity index (χ1) is 19.1. The lowest BCUT2D eigenvalue weighted by atomic mass is 10.0. The highest BCUT2D eigenvalue weighted by molar-refractivity contribution is 7.92. The molecule has 1 saturated heterocycles. The number of aromatic amines is 1. The van der Waals surface area contributed by atoms with Gasteiger partial charge in [0.2, 0.25) is 0 Å². The summed E-state index contributed by atoms with van der Waals surface area (Å²) in [5.41, 5.74) is 5.94. The number of likely N-dealkylation sites (N-methyl/N-ethyl adjacent to an activating group) is 1. The number of benzene rings is 2. The van der Waals surface area contributed by atoms with Gasteiger partial charge in [-0.25, -0.2) is 8.42 Å². The van der Waals surface area contributed by atoms with E-state index in [-0.39, 0.29) is 16.7 Å². The van der Waals surface area contributed by atoms with Gasteiger partial charge in [-0.2, -0.15) is 0 Å². The van der Waals surface area contributed by atoms with E-state index in [1.165, 1.54) is 4.31 Å². The molecule has 0 unspecified atom stereocenters. The molecule has 0 saturated carbocycles. The van der Waals surface area contributed by atoms with Crippen LogP contribution in [0.4, 0.5) is 11.4 Å². The number of nitrogens with one attached hydrogen (secondary N) is 2.